The Bertz CT molecular complexity index is 738. The smallest absolute Gasteiger partial charge is 0.194 e. The highest BCUT2D eigenvalue weighted by Gasteiger charge is 2.21. The second kappa shape index (κ2) is 8.47. The van der Waals surface area contributed by atoms with Gasteiger partial charge in [-0.05, 0) is 36.8 Å². The number of phenolic OH excluding ortho intramolecular Hbond substituents is 2. The summed E-state index contributed by atoms with van der Waals surface area (Å²) < 4.78 is 0. The monoisotopic (exact) mass is 354 g/mol. The minimum atomic E-state index is 0.268. The first-order chi connectivity index (χ1) is 12.7. The van der Waals surface area contributed by atoms with E-state index in [1.54, 1.807) is 18.2 Å². The maximum Gasteiger partial charge on any atom is 0.194 e. The van der Waals surface area contributed by atoms with Gasteiger partial charge in [0.2, 0.25) is 0 Å². The summed E-state index contributed by atoms with van der Waals surface area (Å²) in [4.78, 5) is 9.19. The molecule has 1 fully saturated rings. The van der Waals surface area contributed by atoms with Crippen molar-refractivity contribution in [2.24, 2.45) is 4.99 Å². The van der Waals surface area contributed by atoms with Crippen molar-refractivity contribution in [3.8, 4) is 11.5 Å². The molecule has 2 aromatic carbocycles. The van der Waals surface area contributed by atoms with Gasteiger partial charge in [-0.15, -0.1) is 0 Å². The number of hydrogen-bond acceptors (Lipinski definition) is 4. The van der Waals surface area contributed by atoms with Crippen LogP contribution in [0.15, 0.2) is 53.5 Å². The predicted octanol–water partition coefficient (Wildman–Crippen LogP) is 2.39. The fourth-order valence-corrected chi connectivity index (χ4v) is 3.08. The topological polar surface area (TPSA) is 71.3 Å². The molecule has 0 radical (unpaired) electrons. The lowest BCUT2D eigenvalue weighted by Gasteiger charge is -2.37. The Kier molecular flexibility index (Phi) is 5.84. The summed E-state index contributed by atoms with van der Waals surface area (Å²) in [7, 11) is 0. The molecule has 6 nitrogen and oxygen atoms in total. The van der Waals surface area contributed by atoms with E-state index >= 15 is 0 Å². The number of para-hydroxylation sites is 2. The average Bonchev–Trinajstić information content (AvgIpc) is 2.67. The van der Waals surface area contributed by atoms with Gasteiger partial charge in [-0.3, -0.25) is 0 Å². The summed E-state index contributed by atoms with van der Waals surface area (Å²) in [6.07, 6.45) is 0. The third-order valence-electron chi connectivity index (χ3n) is 4.48. The fourth-order valence-electron chi connectivity index (χ4n) is 3.08. The molecule has 0 bridgehead atoms. The van der Waals surface area contributed by atoms with Crippen molar-refractivity contribution in [2.45, 2.75) is 13.5 Å². The minimum absolute atomic E-state index is 0.268. The van der Waals surface area contributed by atoms with Gasteiger partial charge >= 0.3 is 0 Å². The number of rotatable bonds is 4. The van der Waals surface area contributed by atoms with Crippen molar-refractivity contribution in [3.05, 3.63) is 54.1 Å². The highest BCUT2D eigenvalue weighted by atomic mass is 16.3. The van der Waals surface area contributed by atoms with Crippen LogP contribution >= 0.6 is 0 Å². The van der Waals surface area contributed by atoms with Gasteiger partial charge in [0.15, 0.2) is 5.96 Å². The summed E-state index contributed by atoms with van der Waals surface area (Å²) in [6, 6.07) is 14.6. The van der Waals surface area contributed by atoms with Crippen molar-refractivity contribution in [2.75, 3.05) is 37.6 Å². The van der Waals surface area contributed by atoms with Crippen LogP contribution in [0.4, 0.5) is 5.69 Å². The minimum Gasteiger partial charge on any atom is -0.508 e. The van der Waals surface area contributed by atoms with Gasteiger partial charge in [0, 0.05) is 32.7 Å². The normalized spacial score (nSPS) is 15.2. The van der Waals surface area contributed by atoms with Crippen LogP contribution in [-0.2, 0) is 6.54 Å². The number of guanidine groups is 1. The van der Waals surface area contributed by atoms with E-state index in [0.29, 0.717) is 12.3 Å². The van der Waals surface area contributed by atoms with E-state index in [4.69, 9.17) is 4.99 Å². The van der Waals surface area contributed by atoms with E-state index in [9.17, 15) is 10.2 Å². The maximum absolute atomic E-state index is 10.0. The molecule has 0 aliphatic carbocycles. The SMILES string of the molecule is CCNC(=NCc1ccc(O)cc1)N1CCN(c2ccccc2O)CC1. The molecule has 26 heavy (non-hydrogen) atoms. The molecule has 1 saturated heterocycles. The lowest BCUT2D eigenvalue weighted by molar-refractivity contribution is 0.369. The highest BCUT2D eigenvalue weighted by molar-refractivity contribution is 5.80. The fraction of sp³-hybridized carbons (Fsp3) is 0.350. The third kappa shape index (κ3) is 4.39. The van der Waals surface area contributed by atoms with Crippen LogP contribution in [0.3, 0.4) is 0 Å². The molecule has 0 atom stereocenters. The van der Waals surface area contributed by atoms with Crippen molar-refractivity contribution in [1.29, 1.82) is 0 Å². The van der Waals surface area contributed by atoms with Crippen LogP contribution < -0.4 is 10.2 Å². The molecule has 0 amide bonds. The molecule has 0 unspecified atom stereocenters. The second-order valence-electron chi connectivity index (χ2n) is 6.30. The number of aliphatic imine (C=N–C) groups is 1. The molecule has 1 aliphatic rings. The maximum atomic E-state index is 10.0. The Morgan fingerprint density at radius 1 is 1.00 bits per heavy atom. The Morgan fingerprint density at radius 2 is 1.69 bits per heavy atom. The number of anilines is 1. The van der Waals surface area contributed by atoms with Gasteiger partial charge in [-0.1, -0.05) is 24.3 Å². The molecule has 138 valence electrons. The average molecular weight is 354 g/mol. The summed E-state index contributed by atoms with van der Waals surface area (Å²) in [6.45, 7) is 6.80. The standard InChI is InChI=1S/C20H26N4O2/c1-2-21-20(22-15-16-7-9-17(25)10-8-16)24-13-11-23(12-14-24)18-5-3-4-6-19(18)26/h3-10,25-26H,2,11-15H2,1H3,(H,21,22). The van der Waals surface area contributed by atoms with Crippen LogP contribution in [0.5, 0.6) is 11.5 Å². The number of hydrogen-bond donors (Lipinski definition) is 3. The van der Waals surface area contributed by atoms with E-state index in [2.05, 4.69) is 22.0 Å². The van der Waals surface area contributed by atoms with E-state index in [1.165, 1.54) is 0 Å². The molecule has 2 aromatic rings. The molecular weight excluding hydrogens is 328 g/mol. The molecule has 0 aromatic heterocycles. The molecule has 0 spiro atoms. The van der Waals surface area contributed by atoms with Crippen LogP contribution in [-0.4, -0.2) is 53.8 Å². The second-order valence-corrected chi connectivity index (χ2v) is 6.30. The van der Waals surface area contributed by atoms with Crippen LogP contribution in [0, 0.1) is 0 Å². The summed E-state index contributed by atoms with van der Waals surface area (Å²) in [5.74, 6) is 1.50. The molecule has 6 heteroatoms. The van der Waals surface area contributed by atoms with Gasteiger partial charge in [-0.25, -0.2) is 4.99 Å². The quantitative estimate of drug-likeness (QED) is 0.581. The van der Waals surface area contributed by atoms with Gasteiger partial charge in [-0.2, -0.15) is 0 Å². The van der Waals surface area contributed by atoms with Crippen molar-refractivity contribution in [3.63, 3.8) is 0 Å². The molecule has 1 aliphatic heterocycles. The summed E-state index contributed by atoms with van der Waals surface area (Å²) >= 11 is 0. The molecule has 3 rings (SSSR count). The Labute approximate surface area is 154 Å². The number of phenols is 2. The number of benzene rings is 2. The van der Waals surface area contributed by atoms with E-state index in [1.807, 2.05) is 30.3 Å². The van der Waals surface area contributed by atoms with Crippen LogP contribution in [0.2, 0.25) is 0 Å². The van der Waals surface area contributed by atoms with E-state index in [0.717, 1.165) is 49.9 Å². The van der Waals surface area contributed by atoms with Gasteiger partial charge < -0.3 is 25.3 Å². The Hall–Kier alpha value is -2.89. The Balaban J connectivity index is 1.63. The lowest BCUT2D eigenvalue weighted by Crippen LogP contribution is -2.52. The zero-order valence-electron chi connectivity index (χ0n) is 15.1. The largest absolute Gasteiger partial charge is 0.508 e. The predicted molar refractivity (Wildman–Crippen MR) is 105 cm³/mol. The molecular formula is C20H26N4O2. The highest BCUT2D eigenvalue weighted by Crippen LogP contribution is 2.27. The van der Waals surface area contributed by atoms with E-state index in [-0.39, 0.29) is 5.75 Å². The number of aromatic hydroxyl groups is 2. The first kappa shape index (κ1) is 17.9. The van der Waals surface area contributed by atoms with Gasteiger partial charge in [0.25, 0.3) is 0 Å². The molecule has 0 saturated carbocycles. The van der Waals surface area contributed by atoms with Gasteiger partial charge in [0.05, 0.1) is 12.2 Å². The number of piperazine rings is 1. The molecule has 1 heterocycles. The number of nitrogens with zero attached hydrogens (tertiary/aromatic N) is 3. The first-order valence-electron chi connectivity index (χ1n) is 9.01. The summed E-state index contributed by atoms with van der Waals surface area (Å²) in [5.41, 5.74) is 1.95. The van der Waals surface area contributed by atoms with Crippen molar-refractivity contribution in [1.82, 2.24) is 10.2 Å². The van der Waals surface area contributed by atoms with Crippen molar-refractivity contribution >= 4 is 11.6 Å². The zero-order valence-corrected chi connectivity index (χ0v) is 15.1. The van der Waals surface area contributed by atoms with Gasteiger partial charge in [0.1, 0.15) is 11.5 Å². The lowest BCUT2D eigenvalue weighted by atomic mass is 10.2. The Morgan fingerprint density at radius 3 is 2.35 bits per heavy atom. The summed E-state index contributed by atoms with van der Waals surface area (Å²) in [5, 5.41) is 22.8. The third-order valence-corrected chi connectivity index (χ3v) is 4.48. The zero-order chi connectivity index (χ0) is 18.4. The number of nitrogens with one attached hydrogen (secondary N) is 1. The molecule has 3 N–H and O–H groups in total. The first-order valence-corrected chi connectivity index (χ1v) is 9.01. The van der Waals surface area contributed by atoms with Crippen molar-refractivity contribution < 1.29 is 10.2 Å². The van der Waals surface area contributed by atoms with E-state index < -0.39 is 0 Å². The van der Waals surface area contributed by atoms with Crippen LogP contribution in [0.25, 0.3) is 0 Å². The van der Waals surface area contributed by atoms with Crippen LogP contribution in [0.1, 0.15) is 12.5 Å².